The van der Waals surface area contributed by atoms with Crippen LogP contribution in [0.3, 0.4) is 0 Å². The highest BCUT2D eigenvalue weighted by Crippen LogP contribution is 2.20. The van der Waals surface area contributed by atoms with Crippen LogP contribution in [0.2, 0.25) is 0 Å². The molecule has 0 aliphatic rings. The Bertz CT molecular complexity index is 1100. The van der Waals surface area contributed by atoms with Crippen LogP contribution >= 0.6 is 0 Å². The predicted molar refractivity (Wildman–Crippen MR) is 99.3 cm³/mol. The summed E-state index contributed by atoms with van der Waals surface area (Å²) in [5.74, 6) is -1.18. The molecule has 0 bridgehead atoms. The van der Waals surface area contributed by atoms with E-state index in [0.717, 1.165) is 0 Å². The summed E-state index contributed by atoms with van der Waals surface area (Å²) < 4.78 is 19.9. The average molecular weight is 387 g/mol. The molecule has 146 valence electrons. The number of carbonyl (C=O) groups is 1. The van der Waals surface area contributed by atoms with Gasteiger partial charge in [-0.05, 0) is 36.6 Å². The molecule has 9 heteroatoms. The molecule has 0 saturated carbocycles. The van der Waals surface area contributed by atoms with E-state index in [9.17, 15) is 24.1 Å². The van der Waals surface area contributed by atoms with Gasteiger partial charge in [-0.1, -0.05) is 12.1 Å². The lowest BCUT2D eigenvalue weighted by Gasteiger charge is -2.07. The second kappa shape index (κ2) is 8.03. The molecule has 0 saturated heterocycles. The van der Waals surface area contributed by atoms with Crippen molar-refractivity contribution in [1.82, 2.24) is 9.88 Å². The molecule has 8 nitrogen and oxygen atoms in total. The van der Waals surface area contributed by atoms with Gasteiger partial charge >= 0.3 is 5.76 Å². The van der Waals surface area contributed by atoms with Crippen LogP contribution in [0.25, 0.3) is 11.1 Å². The number of amides is 1. The van der Waals surface area contributed by atoms with Crippen molar-refractivity contribution in [2.24, 2.45) is 0 Å². The maximum absolute atomic E-state index is 13.5. The van der Waals surface area contributed by atoms with Crippen LogP contribution in [-0.2, 0) is 17.9 Å². The van der Waals surface area contributed by atoms with E-state index < -0.39 is 10.7 Å². The Hall–Kier alpha value is -3.49. The molecule has 3 aromatic rings. The third-order valence-corrected chi connectivity index (χ3v) is 4.37. The summed E-state index contributed by atoms with van der Waals surface area (Å²) in [4.78, 5) is 34.2. The smallest absolute Gasteiger partial charge is 0.407 e. The zero-order valence-electron chi connectivity index (χ0n) is 15.1. The largest absolute Gasteiger partial charge is 0.419 e. The number of oxazole rings is 1. The quantitative estimate of drug-likeness (QED) is 0.495. The van der Waals surface area contributed by atoms with Crippen LogP contribution in [0.1, 0.15) is 24.0 Å². The minimum atomic E-state index is -0.633. The summed E-state index contributed by atoms with van der Waals surface area (Å²) in [7, 11) is 0. The van der Waals surface area contributed by atoms with E-state index in [-0.39, 0.29) is 42.5 Å². The number of rotatable bonds is 7. The van der Waals surface area contributed by atoms with Crippen LogP contribution in [0.5, 0.6) is 0 Å². The Morgan fingerprint density at radius 3 is 2.79 bits per heavy atom. The normalized spacial score (nSPS) is 10.9. The number of fused-ring (bicyclic) bond motifs is 1. The second-order valence-corrected chi connectivity index (χ2v) is 6.39. The zero-order valence-corrected chi connectivity index (χ0v) is 15.1. The van der Waals surface area contributed by atoms with Gasteiger partial charge in [-0.3, -0.25) is 19.5 Å². The average Bonchev–Trinajstić information content (AvgIpc) is 2.97. The van der Waals surface area contributed by atoms with E-state index in [1.165, 1.54) is 28.8 Å². The number of hydrogen-bond acceptors (Lipinski definition) is 5. The Labute approximate surface area is 158 Å². The lowest BCUT2D eigenvalue weighted by molar-refractivity contribution is -0.384. The monoisotopic (exact) mass is 387 g/mol. The number of nitrogens with zero attached hydrogens (tertiary/aromatic N) is 2. The highest BCUT2D eigenvalue weighted by molar-refractivity contribution is 5.76. The van der Waals surface area contributed by atoms with E-state index in [2.05, 4.69) is 5.32 Å². The fourth-order valence-electron chi connectivity index (χ4n) is 2.81. The molecule has 1 N–H and O–H groups in total. The standard InChI is InChI=1S/C19H18FN3O5/c1-12-4-5-13(9-15(12)20)11-21-18(24)3-2-8-22-16-7-6-14(23(26)27)10-17(16)28-19(22)25/h4-7,9-10H,2-3,8,11H2,1H3,(H,21,24). The van der Waals surface area contributed by atoms with E-state index in [1.54, 1.807) is 19.1 Å². The summed E-state index contributed by atoms with van der Waals surface area (Å²) in [6, 6.07) is 8.71. The van der Waals surface area contributed by atoms with Crippen LogP contribution in [0.4, 0.5) is 10.1 Å². The maximum Gasteiger partial charge on any atom is 0.419 e. The molecule has 0 radical (unpaired) electrons. The van der Waals surface area contributed by atoms with Gasteiger partial charge in [-0.2, -0.15) is 0 Å². The molecule has 0 aliphatic heterocycles. The summed E-state index contributed by atoms with van der Waals surface area (Å²) in [6.45, 7) is 2.11. The number of hydrogen-bond donors (Lipinski definition) is 1. The Morgan fingerprint density at radius 2 is 2.07 bits per heavy atom. The third kappa shape index (κ3) is 4.25. The molecule has 0 atom stereocenters. The molecule has 3 rings (SSSR count). The van der Waals surface area contributed by atoms with Crippen molar-refractivity contribution < 1.29 is 18.5 Å². The van der Waals surface area contributed by atoms with Crippen molar-refractivity contribution in [3.8, 4) is 0 Å². The molecule has 1 amide bonds. The zero-order chi connectivity index (χ0) is 20.3. The van der Waals surface area contributed by atoms with Crippen LogP contribution in [0.15, 0.2) is 45.6 Å². The number of aryl methyl sites for hydroxylation is 2. The third-order valence-electron chi connectivity index (χ3n) is 4.37. The van der Waals surface area contributed by atoms with Gasteiger partial charge in [-0.25, -0.2) is 9.18 Å². The number of benzene rings is 2. The summed E-state index contributed by atoms with van der Waals surface area (Å²) >= 11 is 0. The van der Waals surface area contributed by atoms with Gasteiger partial charge in [0.25, 0.3) is 5.69 Å². The minimum absolute atomic E-state index is 0.130. The van der Waals surface area contributed by atoms with E-state index >= 15 is 0 Å². The number of aromatic nitrogens is 1. The highest BCUT2D eigenvalue weighted by atomic mass is 19.1. The first-order valence-corrected chi connectivity index (χ1v) is 8.64. The molecule has 0 fully saturated rings. The molecular weight excluding hydrogens is 369 g/mol. The number of non-ortho nitro benzene ring substituents is 1. The molecule has 1 heterocycles. The molecule has 28 heavy (non-hydrogen) atoms. The Balaban J connectivity index is 1.56. The van der Waals surface area contributed by atoms with Crippen molar-refractivity contribution in [3.63, 3.8) is 0 Å². The van der Waals surface area contributed by atoms with Gasteiger partial charge in [0, 0.05) is 25.6 Å². The number of nitro groups is 1. The SMILES string of the molecule is Cc1ccc(CNC(=O)CCCn2c(=O)oc3cc([N+](=O)[O-])ccc32)cc1F. The van der Waals surface area contributed by atoms with Gasteiger partial charge in [0.15, 0.2) is 5.58 Å². The Kier molecular flexibility index (Phi) is 5.53. The predicted octanol–water partition coefficient (Wildman–Crippen LogP) is 3.05. The number of carbonyl (C=O) groups excluding carboxylic acids is 1. The van der Waals surface area contributed by atoms with Crippen molar-refractivity contribution in [2.75, 3.05) is 0 Å². The minimum Gasteiger partial charge on any atom is -0.407 e. The lowest BCUT2D eigenvalue weighted by Crippen LogP contribution is -2.23. The number of nitrogens with one attached hydrogen (secondary N) is 1. The maximum atomic E-state index is 13.5. The lowest BCUT2D eigenvalue weighted by atomic mass is 10.1. The molecule has 1 aromatic heterocycles. The molecule has 0 aliphatic carbocycles. The van der Waals surface area contributed by atoms with Gasteiger partial charge < -0.3 is 9.73 Å². The van der Waals surface area contributed by atoms with Gasteiger partial charge in [0.05, 0.1) is 16.5 Å². The van der Waals surface area contributed by atoms with Crippen molar-refractivity contribution in [1.29, 1.82) is 0 Å². The van der Waals surface area contributed by atoms with Crippen LogP contribution in [0, 0.1) is 22.9 Å². The number of halogens is 1. The van der Waals surface area contributed by atoms with Crippen LogP contribution in [-0.4, -0.2) is 15.4 Å². The molecule has 0 unspecified atom stereocenters. The summed E-state index contributed by atoms with van der Waals surface area (Å²) in [5.41, 5.74) is 1.60. The fourth-order valence-corrected chi connectivity index (χ4v) is 2.81. The first-order chi connectivity index (χ1) is 13.3. The van der Waals surface area contributed by atoms with E-state index in [0.29, 0.717) is 23.1 Å². The van der Waals surface area contributed by atoms with Gasteiger partial charge in [0.2, 0.25) is 5.91 Å². The molecular formula is C19H18FN3O5. The Morgan fingerprint density at radius 1 is 1.29 bits per heavy atom. The van der Waals surface area contributed by atoms with Crippen LogP contribution < -0.4 is 11.1 Å². The van der Waals surface area contributed by atoms with E-state index in [1.807, 2.05) is 0 Å². The number of nitro benzene ring substituents is 1. The highest BCUT2D eigenvalue weighted by Gasteiger charge is 2.14. The molecule has 0 spiro atoms. The van der Waals surface area contributed by atoms with Gasteiger partial charge in [-0.15, -0.1) is 0 Å². The second-order valence-electron chi connectivity index (χ2n) is 6.39. The summed E-state index contributed by atoms with van der Waals surface area (Å²) in [5, 5.41) is 13.5. The topological polar surface area (TPSA) is 107 Å². The fraction of sp³-hybridized carbons (Fsp3) is 0.263. The van der Waals surface area contributed by atoms with Crippen molar-refractivity contribution in [2.45, 2.75) is 32.9 Å². The van der Waals surface area contributed by atoms with E-state index in [4.69, 9.17) is 4.42 Å². The first kappa shape index (κ1) is 19.3. The van der Waals surface area contributed by atoms with Crippen molar-refractivity contribution >= 4 is 22.7 Å². The molecule has 2 aromatic carbocycles. The first-order valence-electron chi connectivity index (χ1n) is 8.64. The van der Waals surface area contributed by atoms with Crippen molar-refractivity contribution in [3.05, 3.63) is 74.0 Å². The van der Waals surface area contributed by atoms with Gasteiger partial charge in [0.1, 0.15) is 5.82 Å². The summed E-state index contributed by atoms with van der Waals surface area (Å²) in [6.07, 6.45) is 0.542.